The molecule has 1 aromatic carbocycles. The summed E-state index contributed by atoms with van der Waals surface area (Å²) in [5.74, 6) is 0.698. The van der Waals surface area contributed by atoms with Gasteiger partial charge in [-0.2, -0.15) is 0 Å². The average molecular weight is 388 g/mol. The van der Waals surface area contributed by atoms with Crippen molar-refractivity contribution in [2.75, 3.05) is 0 Å². The first-order valence-electron chi connectivity index (χ1n) is 10.2. The van der Waals surface area contributed by atoms with E-state index in [0.29, 0.717) is 36.3 Å². The van der Waals surface area contributed by atoms with E-state index in [4.69, 9.17) is 4.74 Å². The summed E-state index contributed by atoms with van der Waals surface area (Å²) in [7, 11) is 0. The molecule has 0 radical (unpaired) electrons. The lowest BCUT2D eigenvalue weighted by atomic mass is 9.84. The molecule has 0 saturated heterocycles. The Bertz CT molecular complexity index is 794. The van der Waals surface area contributed by atoms with Crippen LogP contribution in [0.5, 0.6) is 11.5 Å². The molecule has 3 unspecified atom stereocenters. The van der Waals surface area contributed by atoms with Gasteiger partial charge in [-0.25, -0.2) is 0 Å². The molecule has 0 bridgehead atoms. The van der Waals surface area contributed by atoms with E-state index in [0.717, 1.165) is 24.8 Å². The molecule has 3 rings (SSSR count). The highest BCUT2D eigenvalue weighted by atomic mass is 16.5. The third kappa shape index (κ3) is 4.27. The fourth-order valence-corrected chi connectivity index (χ4v) is 4.03. The fraction of sp³-hybridized carbons (Fsp3) is 0.565. The van der Waals surface area contributed by atoms with Crippen molar-refractivity contribution in [1.82, 2.24) is 5.32 Å². The Labute approximate surface area is 167 Å². The van der Waals surface area contributed by atoms with E-state index in [9.17, 15) is 15.3 Å². The van der Waals surface area contributed by atoms with Crippen LogP contribution in [0.2, 0.25) is 0 Å². The summed E-state index contributed by atoms with van der Waals surface area (Å²) < 4.78 is 6.30. The molecule has 0 aromatic heterocycles. The number of aliphatic hydroxyl groups is 2. The van der Waals surface area contributed by atoms with Gasteiger partial charge in [0.25, 0.3) is 0 Å². The number of phenolic OH excluding ortho intramolecular Hbond substituents is 1. The minimum atomic E-state index is -0.792. The lowest BCUT2D eigenvalue weighted by molar-refractivity contribution is -0.0598. The zero-order valence-electron chi connectivity index (χ0n) is 17.4. The number of phenols is 1. The van der Waals surface area contributed by atoms with Crippen LogP contribution in [-0.2, 0) is 13.0 Å². The molecule has 0 saturated carbocycles. The molecule has 0 fully saturated rings. The van der Waals surface area contributed by atoms with Gasteiger partial charge in [-0.05, 0) is 59.4 Å². The van der Waals surface area contributed by atoms with Crippen LogP contribution in [0.3, 0.4) is 0 Å². The summed E-state index contributed by atoms with van der Waals surface area (Å²) >= 11 is 0. The monoisotopic (exact) mass is 387 g/mol. The molecule has 3 atom stereocenters. The second kappa shape index (κ2) is 8.27. The molecule has 2 heterocycles. The van der Waals surface area contributed by atoms with Gasteiger partial charge < -0.3 is 20.1 Å². The normalized spacial score (nSPS) is 26.4. The van der Waals surface area contributed by atoms with Crippen LogP contribution in [0.25, 0.3) is 0 Å². The average Bonchev–Trinajstić information content (AvgIpc) is 2.97. The maximum atomic E-state index is 10.7. The number of rotatable bonds is 6. The fourth-order valence-electron chi connectivity index (χ4n) is 4.03. The summed E-state index contributed by atoms with van der Waals surface area (Å²) in [6, 6.07) is 1.58. The molecule has 28 heavy (non-hydrogen) atoms. The largest absolute Gasteiger partial charge is 0.508 e. The van der Waals surface area contributed by atoms with Crippen molar-refractivity contribution in [2.24, 2.45) is 0 Å². The summed E-state index contributed by atoms with van der Waals surface area (Å²) in [5.41, 5.74) is 4.13. The molecule has 5 heteroatoms. The van der Waals surface area contributed by atoms with Crippen LogP contribution < -0.4 is 10.1 Å². The molecule has 4 N–H and O–H groups in total. The molecular weight excluding hydrogens is 354 g/mol. The Balaban J connectivity index is 1.72. The van der Waals surface area contributed by atoms with Gasteiger partial charge in [0, 0.05) is 29.7 Å². The van der Waals surface area contributed by atoms with Gasteiger partial charge in [0.2, 0.25) is 0 Å². The van der Waals surface area contributed by atoms with E-state index in [1.807, 2.05) is 6.92 Å². The van der Waals surface area contributed by atoms with E-state index >= 15 is 0 Å². The van der Waals surface area contributed by atoms with Crippen LogP contribution in [0, 0.1) is 0 Å². The zero-order valence-corrected chi connectivity index (χ0v) is 17.4. The predicted molar refractivity (Wildman–Crippen MR) is 110 cm³/mol. The quantitative estimate of drug-likeness (QED) is 0.555. The molecule has 2 aliphatic heterocycles. The van der Waals surface area contributed by atoms with Crippen LogP contribution >= 0.6 is 0 Å². The van der Waals surface area contributed by atoms with Crippen molar-refractivity contribution in [2.45, 2.75) is 84.3 Å². The lowest BCUT2D eigenvalue weighted by Gasteiger charge is -2.41. The van der Waals surface area contributed by atoms with E-state index in [-0.39, 0.29) is 5.75 Å². The van der Waals surface area contributed by atoms with Crippen LogP contribution in [-0.4, -0.2) is 27.0 Å². The second-order valence-corrected chi connectivity index (χ2v) is 8.60. The van der Waals surface area contributed by atoms with E-state index in [1.165, 1.54) is 11.1 Å². The predicted octanol–water partition coefficient (Wildman–Crippen LogP) is 4.01. The summed E-state index contributed by atoms with van der Waals surface area (Å²) in [4.78, 5) is 0. The standard InChI is InChI=1S/C23H33NO4/c1-14(2)7-5-8-15(3)9-6-10-23(4)20(26)12-17-19(25)11-16-18(21(17)28-23)13-24-22(16)27/h7,9,11,20,22,24-27H,5-6,8,10,12-13H2,1-4H3/b15-9+. The van der Waals surface area contributed by atoms with Gasteiger partial charge in [-0.1, -0.05) is 23.3 Å². The number of fused-ring (bicyclic) bond motifs is 3. The number of aromatic hydroxyl groups is 1. The molecule has 2 aliphatic rings. The molecule has 154 valence electrons. The maximum absolute atomic E-state index is 10.7. The number of benzene rings is 1. The van der Waals surface area contributed by atoms with Crippen LogP contribution in [0.4, 0.5) is 0 Å². The molecular formula is C23H33NO4. The van der Waals surface area contributed by atoms with Gasteiger partial charge in [0.05, 0.1) is 6.10 Å². The Morgan fingerprint density at radius 2 is 1.96 bits per heavy atom. The summed E-state index contributed by atoms with van der Waals surface area (Å²) in [6.07, 6.45) is 6.95. The van der Waals surface area contributed by atoms with Gasteiger partial charge in [0.1, 0.15) is 23.3 Å². The highest BCUT2D eigenvalue weighted by molar-refractivity contribution is 5.57. The SMILES string of the molecule is CC(C)=CCC/C(C)=C/CCC1(C)Oc2c(c(O)cc3c2CNC3O)CC1O. The lowest BCUT2D eigenvalue weighted by Crippen LogP contribution is -2.49. The first-order valence-corrected chi connectivity index (χ1v) is 10.2. The topological polar surface area (TPSA) is 82.0 Å². The van der Waals surface area contributed by atoms with Crippen LogP contribution in [0.15, 0.2) is 29.4 Å². The first kappa shape index (κ1) is 20.9. The minimum Gasteiger partial charge on any atom is -0.508 e. The van der Waals surface area contributed by atoms with Crippen LogP contribution in [0.1, 0.15) is 76.3 Å². The van der Waals surface area contributed by atoms with Crippen molar-refractivity contribution in [1.29, 1.82) is 0 Å². The molecule has 5 nitrogen and oxygen atoms in total. The number of aliphatic hydroxyl groups excluding tert-OH is 2. The highest BCUT2D eigenvalue weighted by Gasteiger charge is 2.42. The van der Waals surface area contributed by atoms with E-state index in [2.05, 4.69) is 38.2 Å². The smallest absolute Gasteiger partial charge is 0.133 e. The van der Waals surface area contributed by atoms with Crippen molar-refractivity contribution < 1.29 is 20.1 Å². The van der Waals surface area contributed by atoms with Gasteiger partial charge in [0.15, 0.2) is 0 Å². The van der Waals surface area contributed by atoms with E-state index < -0.39 is 17.9 Å². The van der Waals surface area contributed by atoms with Crippen molar-refractivity contribution >= 4 is 0 Å². The summed E-state index contributed by atoms with van der Waals surface area (Å²) in [6.45, 7) is 8.80. The number of allylic oxidation sites excluding steroid dienone is 4. The zero-order chi connectivity index (χ0) is 20.5. The number of hydrogen-bond acceptors (Lipinski definition) is 5. The third-order valence-electron chi connectivity index (χ3n) is 5.93. The Kier molecular flexibility index (Phi) is 6.18. The molecule has 0 amide bonds. The Hall–Kier alpha value is -1.82. The number of nitrogens with one attached hydrogen (secondary N) is 1. The molecule has 0 spiro atoms. The highest BCUT2D eigenvalue weighted by Crippen LogP contribution is 2.46. The molecule has 1 aromatic rings. The van der Waals surface area contributed by atoms with Crippen molar-refractivity contribution in [3.05, 3.63) is 46.1 Å². The second-order valence-electron chi connectivity index (χ2n) is 8.60. The summed E-state index contributed by atoms with van der Waals surface area (Å²) in [5, 5.41) is 34.1. The maximum Gasteiger partial charge on any atom is 0.133 e. The van der Waals surface area contributed by atoms with Crippen molar-refractivity contribution in [3.8, 4) is 11.5 Å². The van der Waals surface area contributed by atoms with Gasteiger partial charge in [-0.3, -0.25) is 5.32 Å². The number of hydrogen-bond donors (Lipinski definition) is 4. The number of ether oxygens (including phenoxy) is 1. The van der Waals surface area contributed by atoms with Crippen molar-refractivity contribution in [3.63, 3.8) is 0 Å². The minimum absolute atomic E-state index is 0.0765. The van der Waals surface area contributed by atoms with E-state index in [1.54, 1.807) is 6.07 Å². The Morgan fingerprint density at radius 1 is 1.21 bits per heavy atom. The molecule has 0 aliphatic carbocycles. The first-order chi connectivity index (χ1) is 13.2. The third-order valence-corrected chi connectivity index (χ3v) is 5.93. The Morgan fingerprint density at radius 3 is 2.68 bits per heavy atom. The van der Waals surface area contributed by atoms with Gasteiger partial charge in [-0.15, -0.1) is 0 Å². The van der Waals surface area contributed by atoms with Gasteiger partial charge >= 0.3 is 0 Å².